The summed E-state index contributed by atoms with van der Waals surface area (Å²) in [7, 11) is 0. The van der Waals surface area contributed by atoms with Crippen LogP contribution < -0.4 is 4.74 Å². The lowest BCUT2D eigenvalue weighted by molar-refractivity contribution is -0.453. The molecule has 0 aliphatic rings. The van der Waals surface area contributed by atoms with Gasteiger partial charge < -0.3 is 9.84 Å². The molecule has 2 nitrogen and oxygen atoms in total. The number of rotatable bonds is 9. The molecule has 1 aromatic carbocycles. The van der Waals surface area contributed by atoms with Crippen molar-refractivity contribution in [3.8, 4) is 5.75 Å². The molecular weight excluding hydrogens is 557 g/mol. The largest absolute Gasteiger partial charge is 0.488 e. The third kappa shape index (κ3) is 5.55. The van der Waals surface area contributed by atoms with Gasteiger partial charge in [0.25, 0.3) is 0 Å². The fraction of sp³-hybridized carbons (Fsp3) is 0.700. The minimum Gasteiger partial charge on any atom is -0.488 e. The Morgan fingerprint density at radius 1 is 0.568 bits per heavy atom. The van der Waals surface area contributed by atoms with E-state index in [0.29, 0.717) is 6.92 Å². The third-order valence-electron chi connectivity index (χ3n) is 4.86. The van der Waals surface area contributed by atoms with Gasteiger partial charge in [0, 0.05) is 0 Å². The van der Waals surface area contributed by atoms with Crippen molar-refractivity contribution in [2.45, 2.75) is 87.0 Å². The normalized spacial score (nSPS) is 17.0. The Hall–Kier alpha value is -2.07. The van der Waals surface area contributed by atoms with Gasteiger partial charge in [-0.05, 0) is 45.4 Å². The highest BCUT2D eigenvalue weighted by molar-refractivity contribution is 5.31. The number of halogens is 15. The first-order valence-electron chi connectivity index (χ1n) is 9.75. The van der Waals surface area contributed by atoms with Gasteiger partial charge >= 0.3 is 41.7 Å². The zero-order valence-corrected chi connectivity index (χ0v) is 19.0. The Balaban J connectivity index is 3.45. The van der Waals surface area contributed by atoms with E-state index in [1.165, 1.54) is 0 Å². The molecule has 17 heteroatoms. The molecule has 0 fully saturated rings. The van der Waals surface area contributed by atoms with E-state index in [4.69, 9.17) is 4.74 Å². The molecule has 0 bridgehead atoms. The van der Waals surface area contributed by atoms with Crippen molar-refractivity contribution in [1.82, 2.24) is 0 Å². The average molecular weight is 576 g/mol. The summed E-state index contributed by atoms with van der Waals surface area (Å²) in [4.78, 5) is 0. The van der Waals surface area contributed by atoms with Gasteiger partial charge in [0.05, 0.1) is 12.0 Å². The fourth-order valence-corrected chi connectivity index (χ4v) is 2.88. The van der Waals surface area contributed by atoms with Gasteiger partial charge in [0.1, 0.15) is 11.4 Å². The molecule has 1 rings (SSSR count). The van der Waals surface area contributed by atoms with E-state index in [-0.39, 0.29) is 5.75 Å². The van der Waals surface area contributed by atoms with E-state index in [2.05, 4.69) is 0 Å². The number of aliphatic hydroxyl groups is 1. The Labute approximate surface area is 199 Å². The van der Waals surface area contributed by atoms with Gasteiger partial charge in [-0.1, -0.05) is 12.1 Å². The minimum atomic E-state index is -8.37. The smallest absolute Gasteiger partial charge is 0.460 e. The Kier molecular flexibility index (Phi) is 8.02. The van der Waals surface area contributed by atoms with Crippen molar-refractivity contribution in [1.29, 1.82) is 0 Å². The van der Waals surface area contributed by atoms with Crippen molar-refractivity contribution < 1.29 is 75.7 Å². The van der Waals surface area contributed by atoms with Crippen LogP contribution in [0.15, 0.2) is 24.3 Å². The van der Waals surface area contributed by atoms with Crippen LogP contribution in [0.2, 0.25) is 0 Å². The van der Waals surface area contributed by atoms with Crippen LogP contribution in [0.3, 0.4) is 0 Å². The lowest BCUT2D eigenvalue weighted by Crippen LogP contribution is -2.72. The summed E-state index contributed by atoms with van der Waals surface area (Å²) >= 11 is 0. The zero-order valence-electron chi connectivity index (χ0n) is 19.0. The van der Waals surface area contributed by atoms with Crippen molar-refractivity contribution >= 4 is 0 Å². The first-order valence-corrected chi connectivity index (χ1v) is 9.75. The van der Waals surface area contributed by atoms with Gasteiger partial charge in [-0.15, -0.1) is 0 Å². The van der Waals surface area contributed by atoms with Crippen molar-refractivity contribution in [3.05, 3.63) is 29.8 Å². The lowest BCUT2D eigenvalue weighted by Gasteiger charge is -2.42. The molecule has 0 aliphatic heterocycles. The quantitative estimate of drug-likeness (QED) is 0.304. The van der Waals surface area contributed by atoms with Crippen LogP contribution in [0.5, 0.6) is 5.75 Å². The highest BCUT2D eigenvalue weighted by Gasteiger charge is 2.93. The van der Waals surface area contributed by atoms with Crippen LogP contribution >= 0.6 is 0 Å². The van der Waals surface area contributed by atoms with Gasteiger partial charge in [-0.3, -0.25) is 0 Å². The molecule has 1 unspecified atom stereocenters. The molecule has 0 aromatic heterocycles. The molecule has 0 radical (unpaired) electrons. The number of ether oxygens (including phenoxy) is 1. The number of hydrogen-bond donors (Lipinski definition) is 1. The highest BCUT2D eigenvalue weighted by atomic mass is 19.4. The summed E-state index contributed by atoms with van der Waals surface area (Å²) < 4.78 is 205. The maximum atomic E-state index is 14.2. The number of benzene rings is 1. The maximum absolute atomic E-state index is 14.2. The minimum absolute atomic E-state index is 0.0307. The Bertz CT molecular complexity index is 942. The first-order chi connectivity index (χ1) is 15.9. The Morgan fingerprint density at radius 2 is 0.919 bits per heavy atom. The average Bonchev–Trinajstić information content (AvgIpc) is 2.64. The topological polar surface area (TPSA) is 29.5 Å². The Morgan fingerprint density at radius 3 is 1.27 bits per heavy atom. The molecule has 0 saturated carbocycles. The SMILES string of the molecule is CC(C)(C)Oc1ccc(C(C)(O)CC(F)(F)C(F)(F)C(F)(F)C(F)(F)C(F)(F)C(F)(F)C(F)(F)F)cc1. The van der Waals surface area contributed by atoms with Crippen LogP contribution in [-0.2, 0) is 5.60 Å². The summed E-state index contributed by atoms with van der Waals surface area (Å²) in [6, 6.07) is 3.52. The molecule has 37 heavy (non-hydrogen) atoms. The van der Waals surface area contributed by atoms with Crippen LogP contribution in [0.4, 0.5) is 65.9 Å². The fourth-order valence-electron chi connectivity index (χ4n) is 2.88. The predicted molar refractivity (Wildman–Crippen MR) is 96.7 cm³/mol. The molecular formula is C20H19F15O2. The predicted octanol–water partition coefficient (Wildman–Crippen LogP) is 7.84. The van der Waals surface area contributed by atoms with Gasteiger partial charge in [0.2, 0.25) is 0 Å². The molecule has 0 spiro atoms. The van der Waals surface area contributed by atoms with Gasteiger partial charge in [0.15, 0.2) is 0 Å². The molecule has 0 heterocycles. The van der Waals surface area contributed by atoms with E-state index < -0.39 is 64.9 Å². The van der Waals surface area contributed by atoms with Crippen LogP contribution in [0, 0.1) is 0 Å². The molecule has 0 saturated heterocycles. The molecule has 1 aromatic rings. The lowest BCUT2D eigenvalue weighted by atomic mass is 9.84. The molecule has 1 atom stereocenters. The standard InChI is InChI=1S/C20H19F15O2/c1-12(2,3)37-11-7-5-10(6-8-11)13(4,36)9-14(21,22)15(23,24)16(25,26)17(27,28)18(29,30)19(31,32)20(33,34)35/h5-8,36H,9H2,1-4H3. The summed E-state index contributed by atoms with van der Waals surface area (Å²) in [6.45, 7) is 5.02. The summed E-state index contributed by atoms with van der Waals surface area (Å²) in [5.41, 5.74) is -4.81. The van der Waals surface area contributed by atoms with Crippen molar-refractivity contribution in [2.75, 3.05) is 0 Å². The second kappa shape index (κ2) is 9.00. The van der Waals surface area contributed by atoms with Crippen LogP contribution in [-0.4, -0.2) is 52.4 Å². The van der Waals surface area contributed by atoms with E-state index in [1.54, 1.807) is 20.8 Å². The maximum Gasteiger partial charge on any atom is 0.460 e. The van der Waals surface area contributed by atoms with Crippen LogP contribution in [0.1, 0.15) is 39.7 Å². The first kappa shape index (κ1) is 33.0. The summed E-state index contributed by atoms with van der Waals surface area (Å²) in [5, 5.41) is 10.2. The highest BCUT2D eigenvalue weighted by Crippen LogP contribution is 2.63. The summed E-state index contributed by atoms with van der Waals surface area (Å²) in [6.07, 6.45) is -10.6. The van der Waals surface area contributed by atoms with Crippen molar-refractivity contribution in [2.24, 2.45) is 0 Å². The van der Waals surface area contributed by atoms with Gasteiger partial charge in [-0.25, -0.2) is 0 Å². The summed E-state index contributed by atoms with van der Waals surface area (Å²) in [5.74, 6) is -47.1. The molecule has 1 N–H and O–H groups in total. The zero-order chi connectivity index (χ0) is 29.9. The van der Waals surface area contributed by atoms with Crippen molar-refractivity contribution in [3.63, 3.8) is 0 Å². The second-order valence-electron chi connectivity index (χ2n) is 9.26. The third-order valence-corrected chi connectivity index (χ3v) is 4.86. The molecule has 0 aliphatic carbocycles. The van der Waals surface area contributed by atoms with Gasteiger partial charge in [-0.2, -0.15) is 65.9 Å². The second-order valence-corrected chi connectivity index (χ2v) is 9.26. The molecule has 0 amide bonds. The van der Waals surface area contributed by atoms with E-state index in [0.717, 1.165) is 24.3 Å². The monoisotopic (exact) mass is 576 g/mol. The molecule has 216 valence electrons. The number of hydrogen-bond acceptors (Lipinski definition) is 2. The van der Waals surface area contributed by atoms with E-state index in [1.807, 2.05) is 0 Å². The van der Waals surface area contributed by atoms with E-state index in [9.17, 15) is 71.0 Å². The van der Waals surface area contributed by atoms with Crippen LogP contribution in [0.25, 0.3) is 0 Å². The number of alkyl halides is 15. The van der Waals surface area contributed by atoms with E-state index >= 15 is 0 Å².